The van der Waals surface area contributed by atoms with Crippen LogP contribution in [0.5, 0.6) is 11.5 Å². The summed E-state index contributed by atoms with van der Waals surface area (Å²) in [7, 11) is 1.66. The lowest BCUT2D eigenvalue weighted by Crippen LogP contribution is -2.16. The number of aromatic nitrogens is 2. The van der Waals surface area contributed by atoms with Gasteiger partial charge in [-0.3, -0.25) is 9.97 Å². The maximum absolute atomic E-state index is 6.12. The Labute approximate surface area is 182 Å². The Kier molecular flexibility index (Phi) is 6.75. The van der Waals surface area contributed by atoms with Gasteiger partial charge in [0.1, 0.15) is 0 Å². The van der Waals surface area contributed by atoms with Gasteiger partial charge in [0.25, 0.3) is 0 Å². The maximum atomic E-state index is 6.12. The molecule has 31 heavy (non-hydrogen) atoms. The molecule has 0 saturated heterocycles. The van der Waals surface area contributed by atoms with Crippen molar-refractivity contribution in [2.45, 2.75) is 13.0 Å². The lowest BCUT2D eigenvalue weighted by atomic mass is 10.1. The number of hydrogen-bond acceptors (Lipinski definition) is 5. The van der Waals surface area contributed by atoms with E-state index in [-0.39, 0.29) is 0 Å². The van der Waals surface area contributed by atoms with Crippen molar-refractivity contribution in [2.24, 2.45) is 0 Å². The zero-order chi connectivity index (χ0) is 21.3. The summed E-state index contributed by atoms with van der Waals surface area (Å²) in [6.45, 7) is 1.25. The van der Waals surface area contributed by atoms with Crippen LogP contribution in [0.3, 0.4) is 0 Å². The summed E-state index contributed by atoms with van der Waals surface area (Å²) < 4.78 is 11.7. The highest BCUT2D eigenvalue weighted by Gasteiger charge is 2.14. The van der Waals surface area contributed by atoms with Crippen LogP contribution in [0.2, 0.25) is 0 Å². The lowest BCUT2D eigenvalue weighted by molar-refractivity contribution is 0.298. The van der Waals surface area contributed by atoms with Gasteiger partial charge in [-0.2, -0.15) is 0 Å². The third-order valence-corrected chi connectivity index (χ3v) is 4.99. The van der Waals surface area contributed by atoms with E-state index in [4.69, 9.17) is 9.47 Å². The molecule has 0 N–H and O–H groups in total. The second-order valence-electron chi connectivity index (χ2n) is 7.07. The molecule has 5 nitrogen and oxygen atoms in total. The Balaban J connectivity index is 1.59. The minimum absolute atomic E-state index is 0.553. The first-order valence-corrected chi connectivity index (χ1v) is 10.2. The van der Waals surface area contributed by atoms with Crippen LogP contribution in [0.4, 0.5) is 11.4 Å². The van der Waals surface area contributed by atoms with Crippen LogP contribution in [-0.2, 0) is 13.0 Å². The van der Waals surface area contributed by atoms with Crippen LogP contribution in [0, 0.1) is 0 Å². The minimum atomic E-state index is 0.553. The first kappa shape index (κ1) is 20.4. The number of anilines is 2. The monoisotopic (exact) mass is 411 g/mol. The molecule has 0 bridgehead atoms. The molecule has 0 spiro atoms. The van der Waals surface area contributed by atoms with E-state index in [9.17, 15) is 0 Å². The lowest BCUT2D eigenvalue weighted by Gasteiger charge is -2.26. The van der Waals surface area contributed by atoms with Gasteiger partial charge in [0.2, 0.25) is 0 Å². The van der Waals surface area contributed by atoms with E-state index in [0.717, 1.165) is 29.1 Å². The Hall–Kier alpha value is -3.86. The van der Waals surface area contributed by atoms with E-state index in [1.54, 1.807) is 25.7 Å². The van der Waals surface area contributed by atoms with E-state index < -0.39 is 0 Å². The van der Waals surface area contributed by atoms with Crippen molar-refractivity contribution in [2.75, 3.05) is 18.6 Å². The fourth-order valence-electron chi connectivity index (χ4n) is 3.39. The van der Waals surface area contributed by atoms with E-state index in [1.807, 2.05) is 54.7 Å². The molecule has 0 aliphatic heterocycles. The fraction of sp³-hybridized carbons (Fsp3) is 0.154. The zero-order valence-electron chi connectivity index (χ0n) is 17.5. The number of hydrogen-bond donors (Lipinski definition) is 0. The molecule has 5 heteroatoms. The number of methoxy groups -OCH3 is 1. The predicted octanol–water partition coefficient (Wildman–Crippen LogP) is 5.45. The zero-order valence-corrected chi connectivity index (χ0v) is 17.5. The Morgan fingerprint density at radius 1 is 0.742 bits per heavy atom. The topological polar surface area (TPSA) is 47.5 Å². The van der Waals surface area contributed by atoms with Crippen LogP contribution in [-0.4, -0.2) is 23.7 Å². The van der Waals surface area contributed by atoms with Crippen molar-refractivity contribution in [3.05, 3.63) is 109 Å². The van der Waals surface area contributed by atoms with Crippen LogP contribution < -0.4 is 14.4 Å². The number of rotatable bonds is 9. The maximum Gasteiger partial charge on any atom is 0.163 e. The van der Waals surface area contributed by atoms with E-state index in [2.05, 4.69) is 39.1 Å². The van der Waals surface area contributed by atoms with Crippen molar-refractivity contribution in [3.63, 3.8) is 0 Å². The average molecular weight is 412 g/mol. The molecule has 0 unspecified atom stereocenters. The SMILES string of the molecule is COc1ccc(N(Cc2cccnc2)c2ccccc2)cc1OCCc1ccncc1. The quantitative estimate of drug-likeness (QED) is 0.367. The third kappa shape index (κ3) is 5.39. The Bertz CT molecular complexity index is 1070. The average Bonchev–Trinajstić information content (AvgIpc) is 2.84. The summed E-state index contributed by atoms with van der Waals surface area (Å²) in [6, 6.07) is 24.4. The minimum Gasteiger partial charge on any atom is -0.493 e. The molecular formula is C26H25N3O2. The molecule has 0 saturated carbocycles. The van der Waals surface area contributed by atoms with E-state index in [1.165, 1.54) is 5.56 Å². The molecule has 2 aromatic heterocycles. The summed E-state index contributed by atoms with van der Waals surface area (Å²) in [5.74, 6) is 1.44. The molecule has 4 aromatic rings. The molecule has 2 heterocycles. The highest BCUT2D eigenvalue weighted by Crippen LogP contribution is 2.35. The van der Waals surface area contributed by atoms with E-state index in [0.29, 0.717) is 18.9 Å². The van der Waals surface area contributed by atoms with Gasteiger partial charge in [-0.25, -0.2) is 0 Å². The van der Waals surface area contributed by atoms with Gasteiger partial charge in [0, 0.05) is 55.2 Å². The van der Waals surface area contributed by atoms with Gasteiger partial charge in [0.05, 0.1) is 13.7 Å². The van der Waals surface area contributed by atoms with Crippen molar-refractivity contribution in [3.8, 4) is 11.5 Å². The van der Waals surface area contributed by atoms with Crippen LogP contribution in [0.1, 0.15) is 11.1 Å². The van der Waals surface area contributed by atoms with Gasteiger partial charge in [-0.05, 0) is 53.6 Å². The molecule has 0 atom stereocenters. The molecule has 2 aromatic carbocycles. The number of para-hydroxylation sites is 1. The molecule has 0 aliphatic rings. The van der Waals surface area contributed by atoms with E-state index >= 15 is 0 Å². The van der Waals surface area contributed by atoms with Crippen molar-refractivity contribution >= 4 is 11.4 Å². The highest BCUT2D eigenvalue weighted by molar-refractivity contribution is 5.66. The summed E-state index contributed by atoms with van der Waals surface area (Å²) in [4.78, 5) is 10.6. The molecule has 156 valence electrons. The first-order chi connectivity index (χ1) is 15.3. The molecule has 0 amide bonds. The molecule has 0 aliphatic carbocycles. The van der Waals surface area contributed by atoms with Gasteiger partial charge in [0.15, 0.2) is 11.5 Å². The highest BCUT2D eigenvalue weighted by atomic mass is 16.5. The third-order valence-electron chi connectivity index (χ3n) is 4.99. The summed E-state index contributed by atoms with van der Waals surface area (Å²) in [5.41, 5.74) is 4.43. The summed E-state index contributed by atoms with van der Waals surface area (Å²) in [6.07, 6.45) is 8.08. The predicted molar refractivity (Wildman–Crippen MR) is 123 cm³/mol. The van der Waals surface area contributed by atoms with Crippen LogP contribution in [0.25, 0.3) is 0 Å². The van der Waals surface area contributed by atoms with Crippen LogP contribution >= 0.6 is 0 Å². The number of benzene rings is 2. The van der Waals surface area contributed by atoms with Crippen molar-refractivity contribution in [1.82, 2.24) is 9.97 Å². The number of ether oxygens (including phenoxy) is 2. The fourth-order valence-corrected chi connectivity index (χ4v) is 3.39. The van der Waals surface area contributed by atoms with Crippen molar-refractivity contribution < 1.29 is 9.47 Å². The number of nitrogens with zero attached hydrogens (tertiary/aromatic N) is 3. The summed E-state index contributed by atoms with van der Waals surface area (Å²) in [5, 5.41) is 0. The first-order valence-electron chi connectivity index (χ1n) is 10.2. The second-order valence-corrected chi connectivity index (χ2v) is 7.07. The van der Waals surface area contributed by atoms with Crippen molar-refractivity contribution in [1.29, 1.82) is 0 Å². The van der Waals surface area contributed by atoms with Crippen LogP contribution in [0.15, 0.2) is 97.6 Å². The van der Waals surface area contributed by atoms with Gasteiger partial charge in [-0.1, -0.05) is 24.3 Å². The molecular weight excluding hydrogens is 386 g/mol. The van der Waals surface area contributed by atoms with Gasteiger partial charge in [-0.15, -0.1) is 0 Å². The molecule has 0 fully saturated rings. The van der Waals surface area contributed by atoms with Gasteiger partial charge >= 0.3 is 0 Å². The van der Waals surface area contributed by atoms with Gasteiger partial charge < -0.3 is 14.4 Å². The number of pyridine rings is 2. The molecule has 4 rings (SSSR count). The molecule has 0 radical (unpaired) electrons. The largest absolute Gasteiger partial charge is 0.493 e. The normalized spacial score (nSPS) is 10.5. The second kappa shape index (κ2) is 10.3. The summed E-state index contributed by atoms with van der Waals surface area (Å²) >= 11 is 0. The standard InChI is InChI=1S/C26H25N3O2/c1-30-25-10-9-24(18-26(25)31-17-13-21-11-15-27-16-12-21)29(23-7-3-2-4-8-23)20-22-6-5-14-28-19-22/h2-12,14-16,18-19H,13,17,20H2,1H3. The Morgan fingerprint density at radius 3 is 2.32 bits per heavy atom. The Morgan fingerprint density at radius 2 is 1.58 bits per heavy atom. The smallest absolute Gasteiger partial charge is 0.163 e.